The van der Waals surface area contributed by atoms with E-state index in [0.29, 0.717) is 12.1 Å². The highest BCUT2D eigenvalue weighted by molar-refractivity contribution is 4.88. The van der Waals surface area contributed by atoms with Crippen molar-refractivity contribution < 1.29 is 4.74 Å². The third-order valence-corrected chi connectivity index (χ3v) is 4.61. The zero-order valence-corrected chi connectivity index (χ0v) is 12.2. The molecule has 2 aliphatic rings. The molecule has 1 saturated carbocycles. The Morgan fingerprint density at radius 2 is 2.06 bits per heavy atom. The number of hydrogen-bond donors (Lipinski definition) is 1. The number of nitrogens with zero attached hydrogens (tertiary/aromatic N) is 1. The molecule has 1 saturated heterocycles. The molecule has 0 aromatic rings. The molecule has 0 bridgehead atoms. The molecule has 0 spiro atoms. The molecule has 1 aliphatic carbocycles. The summed E-state index contributed by atoms with van der Waals surface area (Å²) in [4.78, 5) is 2.57. The van der Waals surface area contributed by atoms with Crippen LogP contribution in [0.25, 0.3) is 0 Å². The summed E-state index contributed by atoms with van der Waals surface area (Å²) in [5.74, 6) is 0.829. The van der Waals surface area contributed by atoms with Gasteiger partial charge in [0.05, 0.1) is 12.7 Å². The molecule has 0 amide bonds. The minimum Gasteiger partial charge on any atom is -0.374 e. The van der Waals surface area contributed by atoms with E-state index in [1.165, 1.54) is 45.1 Å². The standard InChI is InChI=1S/C15H30N2O/c1-3-9-17-10-11-18-14(12-17)15(16-2)13-7-5-4-6-8-13/h13-16H,3-12H2,1-2H3. The highest BCUT2D eigenvalue weighted by atomic mass is 16.5. The zero-order valence-electron chi connectivity index (χ0n) is 12.2. The van der Waals surface area contributed by atoms with Crippen LogP contribution in [0.5, 0.6) is 0 Å². The maximum atomic E-state index is 6.06. The number of ether oxygens (including phenoxy) is 1. The second-order valence-corrected chi connectivity index (χ2v) is 5.92. The lowest BCUT2D eigenvalue weighted by atomic mass is 9.81. The first-order valence-corrected chi connectivity index (χ1v) is 7.86. The highest BCUT2D eigenvalue weighted by Crippen LogP contribution is 2.29. The Bertz CT molecular complexity index is 227. The van der Waals surface area contributed by atoms with Crippen LogP contribution in [0.2, 0.25) is 0 Å². The third-order valence-electron chi connectivity index (χ3n) is 4.61. The smallest absolute Gasteiger partial charge is 0.0857 e. The van der Waals surface area contributed by atoms with Crippen molar-refractivity contribution in [3.05, 3.63) is 0 Å². The van der Waals surface area contributed by atoms with Crippen molar-refractivity contribution in [3.8, 4) is 0 Å². The quantitative estimate of drug-likeness (QED) is 0.814. The molecule has 1 N–H and O–H groups in total. The van der Waals surface area contributed by atoms with Gasteiger partial charge in [-0.3, -0.25) is 4.90 Å². The first-order chi connectivity index (χ1) is 8.85. The van der Waals surface area contributed by atoms with Crippen LogP contribution in [-0.4, -0.2) is 50.3 Å². The van der Waals surface area contributed by atoms with Crippen LogP contribution in [0.15, 0.2) is 0 Å². The number of rotatable bonds is 5. The number of nitrogens with one attached hydrogen (secondary N) is 1. The van der Waals surface area contributed by atoms with E-state index in [2.05, 4.69) is 24.2 Å². The Morgan fingerprint density at radius 1 is 1.28 bits per heavy atom. The summed E-state index contributed by atoms with van der Waals surface area (Å²) in [7, 11) is 2.11. The molecule has 3 heteroatoms. The SMILES string of the molecule is CCCN1CCOC(C(NC)C2CCCCC2)C1. The van der Waals surface area contributed by atoms with Gasteiger partial charge in [0, 0.05) is 19.1 Å². The summed E-state index contributed by atoms with van der Waals surface area (Å²) < 4.78 is 6.06. The van der Waals surface area contributed by atoms with E-state index in [1.54, 1.807) is 0 Å². The van der Waals surface area contributed by atoms with Crippen LogP contribution in [0.4, 0.5) is 0 Å². The van der Waals surface area contributed by atoms with Crippen molar-refractivity contribution >= 4 is 0 Å². The minimum atomic E-state index is 0.401. The molecule has 18 heavy (non-hydrogen) atoms. The number of hydrogen-bond acceptors (Lipinski definition) is 3. The molecule has 0 aromatic carbocycles. The van der Waals surface area contributed by atoms with E-state index >= 15 is 0 Å². The Labute approximate surface area is 112 Å². The number of likely N-dealkylation sites (N-methyl/N-ethyl adjacent to an activating group) is 1. The fourth-order valence-corrected chi connectivity index (χ4v) is 3.69. The number of morpholine rings is 1. The molecule has 3 nitrogen and oxygen atoms in total. The Balaban J connectivity index is 1.89. The molecule has 1 aliphatic heterocycles. The molecule has 0 radical (unpaired) electrons. The van der Waals surface area contributed by atoms with Crippen molar-refractivity contribution in [3.63, 3.8) is 0 Å². The fourth-order valence-electron chi connectivity index (χ4n) is 3.69. The second-order valence-electron chi connectivity index (χ2n) is 5.92. The van der Waals surface area contributed by atoms with Gasteiger partial charge in [0.25, 0.3) is 0 Å². The van der Waals surface area contributed by atoms with Gasteiger partial charge in [-0.15, -0.1) is 0 Å². The summed E-state index contributed by atoms with van der Waals surface area (Å²) in [6.07, 6.45) is 8.68. The van der Waals surface area contributed by atoms with Crippen LogP contribution in [0.1, 0.15) is 45.4 Å². The first-order valence-electron chi connectivity index (χ1n) is 7.86. The van der Waals surface area contributed by atoms with Gasteiger partial charge in [0.1, 0.15) is 0 Å². The van der Waals surface area contributed by atoms with Crippen molar-refractivity contribution in [1.29, 1.82) is 0 Å². The lowest BCUT2D eigenvalue weighted by molar-refractivity contribution is -0.0579. The van der Waals surface area contributed by atoms with Gasteiger partial charge in [0.2, 0.25) is 0 Å². The monoisotopic (exact) mass is 254 g/mol. The van der Waals surface area contributed by atoms with E-state index in [9.17, 15) is 0 Å². The molecule has 1 heterocycles. The Kier molecular flexibility index (Phi) is 5.93. The van der Waals surface area contributed by atoms with E-state index < -0.39 is 0 Å². The van der Waals surface area contributed by atoms with Gasteiger partial charge in [-0.1, -0.05) is 26.2 Å². The minimum absolute atomic E-state index is 0.401. The van der Waals surface area contributed by atoms with Gasteiger partial charge in [-0.2, -0.15) is 0 Å². The molecule has 2 rings (SSSR count). The van der Waals surface area contributed by atoms with Crippen LogP contribution < -0.4 is 5.32 Å². The van der Waals surface area contributed by atoms with E-state index in [-0.39, 0.29) is 0 Å². The molecule has 2 atom stereocenters. The molecular formula is C15H30N2O. The van der Waals surface area contributed by atoms with Crippen LogP contribution in [-0.2, 0) is 4.74 Å². The molecular weight excluding hydrogens is 224 g/mol. The fraction of sp³-hybridized carbons (Fsp3) is 1.00. The topological polar surface area (TPSA) is 24.5 Å². The van der Waals surface area contributed by atoms with Gasteiger partial charge in [-0.05, 0) is 38.8 Å². The average Bonchev–Trinajstić information content (AvgIpc) is 2.42. The molecule has 0 aromatic heterocycles. The normalized spacial score (nSPS) is 29.3. The Morgan fingerprint density at radius 3 is 2.72 bits per heavy atom. The van der Waals surface area contributed by atoms with E-state index in [4.69, 9.17) is 4.74 Å². The van der Waals surface area contributed by atoms with Crippen molar-refractivity contribution in [2.75, 3.05) is 33.3 Å². The van der Waals surface area contributed by atoms with Crippen molar-refractivity contribution in [2.24, 2.45) is 5.92 Å². The second kappa shape index (κ2) is 7.46. The Hall–Kier alpha value is -0.120. The van der Waals surface area contributed by atoms with E-state index in [0.717, 1.165) is 25.6 Å². The molecule has 106 valence electrons. The summed E-state index contributed by atoms with van der Waals surface area (Å²) >= 11 is 0. The molecule has 2 fully saturated rings. The van der Waals surface area contributed by atoms with Gasteiger partial charge >= 0.3 is 0 Å². The lowest BCUT2D eigenvalue weighted by Crippen LogP contribution is -2.54. The lowest BCUT2D eigenvalue weighted by Gasteiger charge is -2.41. The summed E-state index contributed by atoms with van der Waals surface area (Å²) in [5.41, 5.74) is 0. The van der Waals surface area contributed by atoms with Crippen LogP contribution >= 0.6 is 0 Å². The van der Waals surface area contributed by atoms with Crippen molar-refractivity contribution in [1.82, 2.24) is 10.2 Å². The maximum absolute atomic E-state index is 6.06. The molecule has 2 unspecified atom stereocenters. The predicted molar refractivity (Wildman–Crippen MR) is 75.9 cm³/mol. The van der Waals surface area contributed by atoms with Gasteiger partial charge in [0.15, 0.2) is 0 Å². The van der Waals surface area contributed by atoms with Crippen LogP contribution in [0.3, 0.4) is 0 Å². The summed E-state index contributed by atoms with van der Waals surface area (Å²) in [6, 6.07) is 0.560. The summed E-state index contributed by atoms with van der Waals surface area (Å²) in [5, 5.41) is 3.55. The zero-order chi connectivity index (χ0) is 12.8. The van der Waals surface area contributed by atoms with E-state index in [1.807, 2.05) is 0 Å². The average molecular weight is 254 g/mol. The summed E-state index contributed by atoms with van der Waals surface area (Å²) in [6.45, 7) is 6.64. The maximum Gasteiger partial charge on any atom is 0.0857 e. The first kappa shape index (κ1) is 14.3. The van der Waals surface area contributed by atoms with Gasteiger partial charge < -0.3 is 10.1 Å². The van der Waals surface area contributed by atoms with Gasteiger partial charge in [-0.25, -0.2) is 0 Å². The third kappa shape index (κ3) is 3.69. The largest absolute Gasteiger partial charge is 0.374 e. The van der Waals surface area contributed by atoms with Crippen LogP contribution in [0, 0.1) is 5.92 Å². The van der Waals surface area contributed by atoms with Crippen molar-refractivity contribution in [2.45, 2.75) is 57.6 Å². The predicted octanol–water partition coefficient (Wildman–Crippen LogP) is 2.27. The highest BCUT2D eigenvalue weighted by Gasteiger charge is 2.32.